The van der Waals surface area contributed by atoms with Crippen molar-refractivity contribution in [1.82, 2.24) is 4.90 Å². The van der Waals surface area contributed by atoms with E-state index in [0.29, 0.717) is 0 Å². The lowest BCUT2D eigenvalue weighted by Gasteiger charge is -2.21. The SMILES string of the molecule is COCC(C(=O)Cl)N1C(=O)c2ccccc2C1=O. The van der Waals surface area contributed by atoms with Crippen molar-refractivity contribution in [2.45, 2.75) is 6.04 Å². The number of ether oxygens (including phenoxy) is 1. The van der Waals surface area contributed by atoms with Crippen LogP contribution in [0.2, 0.25) is 0 Å². The summed E-state index contributed by atoms with van der Waals surface area (Å²) in [7, 11) is 1.37. The fourth-order valence-corrected chi connectivity index (χ4v) is 2.05. The molecular formula is C12H10ClNO4. The third-order valence-electron chi connectivity index (χ3n) is 2.72. The molecule has 2 rings (SSSR count). The number of methoxy groups -OCH3 is 1. The van der Waals surface area contributed by atoms with E-state index >= 15 is 0 Å². The highest BCUT2D eigenvalue weighted by Gasteiger charge is 2.42. The van der Waals surface area contributed by atoms with E-state index in [-0.39, 0.29) is 17.7 Å². The van der Waals surface area contributed by atoms with Crippen LogP contribution < -0.4 is 0 Å². The quantitative estimate of drug-likeness (QED) is 0.604. The third-order valence-corrected chi connectivity index (χ3v) is 2.98. The molecule has 1 aromatic carbocycles. The molecule has 0 aromatic heterocycles. The molecule has 1 aliphatic heterocycles. The molecule has 0 saturated carbocycles. The molecule has 18 heavy (non-hydrogen) atoms. The maximum absolute atomic E-state index is 12.1. The lowest BCUT2D eigenvalue weighted by molar-refractivity contribution is -0.116. The van der Waals surface area contributed by atoms with Crippen LogP contribution in [0.5, 0.6) is 0 Å². The average Bonchev–Trinajstić information content (AvgIpc) is 2.60. The number of amides is 2. The largest absolute Gasteiger partial charge is 0.382 e. The number of carbonyl (C=O) groups excluding carboxylic acids is 3. The van der Waals surface area contributed by atoms with E-state index in [1.807, 2.05) is 0 Å². The van der Waals surface area contributed by atoms with Crippen LogP contribution in [0.1, 0.15) is 20.7 Å². The van der Waals surface area contributed by atoms with Crippen LogP contribution in [0.4, 0.5) is 0 Å². The van der Waals surface area contributed by atoms with Gasteiger partial charge in [-0.05, 0) is 23.7 Å². The molecule has 0 bridgehead atoms. The lowest BCUT2D eigenvalue weighted by atomic mass is 10.1. The monoisotopic (exact) mass is 267 g/mol. The Morgan fingerprint density at radius 2 is 1.78 bits per heavy atom. The molecule has 0 N–H and O–H groups in total. The number of nitrogens with zero attached hydrogens (tertiary/aromatic N) is 1. The van der Waals surface area contributed by atoms with Crippen LogP contribution in [0.15, 0.2) is 24.3 Å². The molecule has 1 aliphatic rings. The summed E-state index contributed by atoms with van der Waals surface area (Å²) < 4.78 is 4.82. The maximum Gasteiger partial charge on any atom is 0.262 e. The molecule has 2 amide bonds. The second-order valence-corrected chi connectivity index (χ2v) is 4.17. The molecule has 0 spiro atoms. The van der Waals surface area contributed by atoms with Gasteiger partial charge in [-0.15, -0.1) is 0 Å². The third kappa shape index (κ3) is 1.91. The Labute approximate surface area is 108 Å². The van der Waals surface area contributed by atoms with E-state index in [4.69, 9.17) is 16.3 Å². The van der Waals surface area contributed by atoms with Crippen LogP contribution in [0.3, 0.4) is 0 Å². The Kier molecular flexibility index (Phi) is 3.45. The van der Waals surface area contributed by atoms with Gasteiger partial charge in [0, 0.05) is 7.11 Å². The van der Waals surface area contributed by atoms with Crippen molar-refractivity contribution in [2.75, 3.05) is 13.7 Å². The Morgan fingerprint density at radius 1 is 1.28 bits per heavy atom. The van der Waals surface area contributed by atoms with Gasteiger partial charge in [-0.2, -0.15) is 0 Å². The molecule has 6 heteroatoms. The molecule has 0 fully saturated rings. The van der Waals surface area contributed by atoms with E-state index < -0.39 is 23.1 Å². The first-order valence-electron chi connectivity index (χ1n) is 5.23. The van der Waals surface area contributed by atoms with Gasteiger partial charge in [0.25, 0.3) is 11.8 Å². The highest BCUT2D eigenvalue weighted by atomic mass is 35.5. The summed E-state index contributed by atoms with van der Waals surface area (Å²) >= 11 is 5.41. The van der Waals surface area contributed by atoms with Gasteiger partial charge in [-0.3, -0.25) is 19.3 Å². The Balaban J connectivity index is 2.41. The van der Waals surface area contributed by atoms with Crippen LogP contribution in [0, 0.1) is 0 Å². The van der Waals surface area contributed by atoms with Gasteiger partial charge in [0.15, 0.2) is 0 Å². The smallest absolute Gasteiger partial charge is 0.262 e. The number of rotatable bonds is 4. The number of benzene rings is 1. The molecule has 1 atom stereocenters. The van der Waals surface area contributed by atoms with Crippen molar-refractivity contribution in [3.8, 4) is 0 Å². The summed E-state index contributed by atoms with van der Waals surface area (Å²) in [5.74, 6) is -1.04. The summed E-state index contributed by atoms with van der Waals surface area (Å²) in [5, 5.41) is -0.800. The Morgan fingerprint density at radius 3 is 2.17 bits per heavy atom. The van der Waals surface area contributed by atoms with Crippen LogP contribution in [0.25, 0.3) is 0 Å². The van der Waals surface area contributed by atoms with E-state index in [0.717, 1.165) is 4.90 Å². The highest BCUT2D eigenvalue weighted by Crippen LogP contribution is 2.25. The second-order valence-electron chi connectivity index (χ2n) is 3.80. The van der Waals surface area contributed by atoms with Gasteiger partial charge in [-0.25, -0.2) is 0 Å². The molecule has 1 unspecified atom stereocenters. The van der Waals surface area contributed by atoms with Gasteiger partial charge in [-0.1, -0.05) is 12.1 Å². The van der Waals surface area contributed by atoms with Crippen molar-refractivity contribution in [3.05, 3.63) is 35.4 Å². The summed E-state index contributed by atoms with van der Waals surface area (Å²) in [6, 6.07) is 5.29. The van der Waals surface area contributed by atoms with Crippen LogP contribution >= 0.6 is 11.6 Å². The number of hydrogen-bond acceptors (Lipinski definition) is 4. The molecule has 1 heterocycles. The first-order chi connectivity index (χ1) is 8.57. The summed E-state index contributed by atoms with van der Waals surface area (Å²) in [6.07, 6.45) is 0. The van der Waals surface area contributed by atoms with E-state index in [9.17, 15) is 14.4 Å². The van der Waals surface area contributed by atoms with Crippen molar-refractivity contribution >= 4 is 28.7 Å². The normalized spacial score (nSPS) is 15.8. The summed E-state index contributed by atoms with van der Waals surface area (Å²) in [4.78, 5) is 36.3. The van der Waals surface area contributed by atoms with Crippen LogP contribution in [-0.4, -0.2) is 41.7 Å². The molecule has 5 nitrogen and oxygen atoms in total. The van der Waals surface area contributed by atoms with Gasteiger partial charge in [0.05, 0.1) is 17.7 Å². The number of halogens is 1. The van der Waals surface area contributed by atoms with Gasteiger partial charge < -0.3 is 4.74 Å². The Bertz CT molecular complexity index is 494. The summed E-state index contributed by atoms with van der Waals surface area (Å²) in [5.41, 5.74) is 0.558. The second kappa shape index (κ2) is 4.88. The number of imide groups is 1. The maximum atomic E-state index is 12.1. The Hall–Kier alpha value is -1.72. The standard InChI is InChI=1S/C12H10ClNO4/c1-18-6-9(10(13)15)14-11(16)7-4-2-3-5-8(7)12(14)17/h2-5,9H,6H2,1H3. The zero-order valence-electron chi connectivity index (χ0n) is 9.55. The first kappa shape index (κ1) is 12.7. The van der Waals surface area contributed by atoms with E-state index in [1.54, 1.807) is 12.1 Å². The lowest BCUT2D eigenvalue weighted by Crippen LogP contribution is -2.46. The van der Waals surface area contributed by atoms with Crippen molar-refractivity contribution < 1.29 is 19.1 Å². The molecule has 0 radical (unpaired) electrons. The number of hydrogen-bond donors (Lipinski definition) is 0. The zero-order valence-corrected chi connectivity index (χ0v) is 10.3. The van der Waals surface area contributed by atoms with E-state index in [2.05, 4.69) is 0 Å². The predicted octanol–water partition coefficient (Wildman–Crippen LogP) is 1.06. The zero-order chi connectivity index (χ0) is 13.3. The molecular weight excluding hydrogens is 258 g/mol. The molecule has 1 aromatic rings. The van der Waals surface area contributed by atoms with Crippen molar-refractivity contribution in [3.63, 3.8) is 0 Å². The topological polar surface area (TPSA) is 63.7 Å². The van der Waals surface area contributed by atoms with Crippen molar-refractivity contribution in [1.29, 1.82) is 0 Å². The predicted molar refractivity (Wildman–Crippen MR) is 63.5 cm³/mol. The minimum atomic E-state index is -1.09. The fraction of sp³-hybridized carbons (Fsp3) is 0.250. The molecule has 94 valence electrons. The van der Waals surface area contributed by atoms with Crippen molar-refractivity contribution in [2.24, 2.45) is 0 Å². The minimum absolute atomic E-state index is 0.117. The average molecular weight is 268 g/mol. The minimum Gasteiger partial charge on any atom is -0.382 e. The summed E-state index contributed by atoms with van der Waals surface area (Å²) in [6.45, 7) is -0.117. The van der Waals surface area contributed by atoms with Gasteiger partial charge in [0.1, 0.15) is 6.04 Å². The number of fused-ring (bicyclic) bond motifs is 1. The van der Waals surface area contributed by atoms with Gasteiger partial charge in [0.2, 0.25) is 5.24 Å². The van der Waals surface area contributed by atoms with E-state index in [1.165, 1.54) is 19.2 Å². The fourth-order valence-electron chi connectivity index (χ4n) is 1.89. The first-order valence-corrected chi connectivity index (χ1v) is 5.61. The van der Waals surface area contributed by atoms with Gasteiger partial charge >= 0.3 is 0 Å². The van der Waals surface area contributed by atoms with Crippen LogP contribution in [-0.2, 0) is 9.53 Å². The highest BCUT2D eigenvalue weighted by molar-refractivity contribution is 6.65. The number of carbonyl (C=O) groups is 3. The molecule has 0 saturated heterocycles. The molecule has 0 aliphatic carbocycles.